The van der Waals surface area contributed by atoms with Crippen molar-refractivity contribution >= 4 is 21.8 Å². The van der Waals surface area contributed by atoms with Crippen LogP contribution in [0.5, 0.6) is 5.75 Å². The summed E-state index contributed by atoms with van der Waals surface area (Å²) in [5.74, 6) is 0.671. The maximum absolute atomic E-state index is 12.0. The van der Waals surface area contributed by atoms with Crippen LogP contribution in [0, 0.1) is 6.92 Å². The highest BCUT2D eigenvalue weighted by molar-refractivity contribution is 9.10. The Morgan fingerprint density at radius 2 is 1.71 bits per heavy atom. The summed E-state index contributed by atoms with van der Waals surface area (Å²) in [6.45, 7) is 2.64. The van der Waals surface area contributed by atoms with Gasteiger partial charge in [-0.05, 0) is 36.8 Å². The lowest BCUT2D eigenvalue weighted by Crippen LogP contribution is -2.30. The van der Waals surface area contributed by atoms with E-state index < -0.39 is 0 Å². The minimum absolute atomic E-state index is 0.0431. The fraction of sp³-hybridized carbons (Fsp3) is 0.235. The number of hydrogen-bond acceptors (Lipinski definition) is 2. The minimum Gasteiger partial charge on any atom is -0.484 e. The first-order valence-electron chi connectivity index (χ1n) is 6.72. The molecule has 0 heterocycles. The Balaban J connectivity index is 1.84. The molecule has 110 valence electrons. The lowest BCUT2D eigenvalue weighted by Gasteiger charge is -2.17. The molecule has 0 atom stereocenters. The van der Waals surface area contributed by atoms with Gasteiger partial charge >= 0.3 is 0 Å². The van der Waals surface area contributed by atoms with Crippen LogP contribution in [0.1, 0.15) is 11.1 Å². The number of rotatable bonds is 5. The maximum Gasteiger partial charge on any atom is 0.260 e. The Labute approximate surface area is 133 Å². The van der Waals surface area contributed by atoms with E-state index in [1.54, 1.807) is 11.9 Å². The highest BCUT2D eigenvalue weighted by Gasteiger charge is 2.10. The third-order valence-corrected chi connectivity index (χ3v) is 3.67. The molecule has 0 saturated heterocycles. The van der Waals surface area contributed by atoms with Gasteiger partial charge in [-0.3, -0.25) is 4.79 Å². The molecule has 0 aliphatic heterocycles. The number of carbonyl (C=O) groups excluding carboxylic acids is 1. The summed E-state index contributed by atoms with van der Waals surface area (Å²) in [5, 5.41) is 0. The second kappa shape index (κ2) is 7.27. The molecule has 0 radical (unpaired) electrons. The van der Waals surface area contributed by atoms with Crippen LogP contribution in [0.15, 0.2) is 53.0 Å². The van der Waals surface area contributed by atoms with Crippen LogP contribution in [0.25, 0.3) is 0 Å². The zero-order chi connectivity index (χ0) is 15.2. The van der Waals surface area contributed by atoms with Crippen LogP contribution in [-0.2, 0) is 11.3 Å². The quantitative estimate of drug-likeness (QED) is 0.823. The van der Waals surface area contributed by atoms with Crippen molar-refractivity contribution in [2.24, 2.45) is 0 Å². The molecule has 2 aromatic carbocycles. The number of hydrogen-bond donors (Lipinski definition) is 0. The van der Waals surface area contributed by atoms with Crippen molar-refractivity contribution in [1.82, 2.24) is 4.90 Å². The smallest absolute Gasteiger partial charge is 0.260 e. The Kier molecular flexibility index (Phi) is 5.39. The average molecular weight is 348 g/mol. The first kappa shape index (κ1) is 15.6. The van der Waals surface area contributed by atoms with Crippen molar-refractivity contribution in [2.45, 2.75) is 13.5 Å². The Morgan fingerprint density at radius 3 is 2.33 bits per heavy atom. The van der Waals surface area contributed by atoms with Crippen molar-refractivity contribution < 1.29 is 9.53 Å². The molecule has 0 saturated carbocycles. The number of nitrogens with zero attached hydrogens (tertiary/aromatic N) is 1. The molecule has 0 aliphatic rings. The van der Waals surface area contributed by atoms with E-state index in [1.165, 1.54) is 5.56 Å². The van der Waals surface area contributed by atoms with Gasteiger partial charge in [0.25, 0.3) is 5.91 Å². The van der Waals surface area contributed by atoms with E-state index in [4.69, 9.17) is 4.74 Å². The monoisotopic (exact) mass is 347 g/mol. The number of halogens is 1. The predicted octanol–water partition coefficient (Wildman–Crippen LogP) is 3.79. The van der Waals surface area contributed by atoms with E-state index in [9.17, 15) is 4.79 Å². The van der Waals surface area contributed by atoms with Gasteiger partial charge in [-0.25, -0.2) is 0 Å². The molecule has 0 N–H and O–H groups in total. The molecule has 2 rings (SSSR count). The van der Waals surface area contributed by atoms with Crippen LogP contribution in [0.2, 0.25) is 0 Å². The van der Waals surface area contributed by atoms with E-state index in [1.807, 2.05) is 55.5 Å². The van der Waals surface area contributed by atoms with Gasteiger partial charge in [-0.1, -0.05) is 45.8 Å². The minimum atomic E-state index is -0.0431. The van der Waals surface area contributed by atoms with E-state index in [-0.39, 0.29) is 12.5 Å². The second-order valence-corrected chi connectivity index (χ2v) is 5.89. The number of ether oxygens (including phenoxy) is 1. The molecular formula is C17H18BrNO2. The van der Waals surface area contributed by atoms with Crippen LogP contribution >= 0.6 is 15.9 Å². The first-order valence-corrected chi connectivity index (χ1v) is 7.52. The third-order valence-electron chi connectivity index (χ3n) is 3.14. The van der Waals surface area contributed by atoms with Gasteiger partial charge in [0.15, 0.2) is 6.61 Å². The molecule has 0 aromatic heterocycles. The molecule has 2 aromatic rings. The topological polar surface area (TPSA) is 29.5 Å². The predicted molar refractivity (Wildman–Crippen MR) is 87.3 cm³/mol. The van der Waals surface area contributed by atoms with Crippen LogP contribution in [-0.4, -0.2) is 24.5 Å². The third kappa shape index (κ3) is 4.90. The van der Waals surface area contributed by atoms with Gasteiger partial charge in [0.1, 0.15) is 5.75 Å². The van der Waals surface area contributed by atoms with Crippen molar-refractivity contribution in [3.8, 4) is 5.75 Å². The summed E-state index contributed by atoms with van der Waals surface area (Å²) in [6.07, 6.45) is 0. The van der Waals surface area contributed by atoms with Crippen molar-refractivity contribution in [2.75, 3.05) is 13.7 Å². The largest absolute Gasteiger partial charge is 0.484 e. The van der Waals surface area contributed by atoms with Gasteiger partial charge in [0, 0.05) is 18.1 Å². The number of likely N-dealkylation sites (N-methyl/N-ethyl adjacent to an activating group) is 1. The summed E-state index contributed by atoms with van der Waals surface area (Å²) in [5.41, 5.74) is 2.26. The normalized spacial score (nSPS) is 10.2. The summed E-state index contributed by atoms with van der Waals surface area (Å²) in [7, 11) is 1.78. The van der Waals surface area contributed by atoms with Crippen LogP contribution in [0.3, 0.4) is 0 Å². The average Bonchev–Trinajstić information content (AvgIpc) is 2.48. The molecule has 0 spiro atoms. The summed E-state index contributed by atoms with van der Waals surface area (Å²) in [4.78, 5) is 13.7. The lowest BCUT2D eigenvalue weighted by atomic mass is 10.2. The fourth-order valence-electron chi connectivity index (χ4n) is 1.84. The molecule has 0 aliphatic carbocycles. The van der Waals surface area contributed by atoms with Crippen LogP contribution < -0.4 is 4.74 Å². The lowest BCUT2D eigenvalue weighted by molar-refractivity contribution is -0.132. The number of benzene rings is 2. The van der Waals surface area contributed by atoms with Gasteiger partial charge in [-0.15, -0.1) is 0 Å². The highest BCUT2D eigenvalue weighted by Crippen LogP contribution is 2.13. The standard InChI is InChI=1S/C17H18BrNO2/c1-13-3-9-16(10-4-13)21-12-17(20)19(2)11-14-5-7-15(18)8-6-14/h3-10H,11-12H2,1-2H3. The summed E-state index contributed by atoms with van der Waals surface area (Å²) in [6, 6.07) is 15.6. The van der Waals surface area contributed by atoms with E-state index >= 15 is 0 Å². The van der Waals surface area contributed by atoms with Gasteiger partial charge in [0.2, 0.25) is 0 Å². The summed E-state index contributed by atoms with van der Waals surface area (Å²) < 4.78 is 6.53. The number of amides is 1. The van der Waals surface area contributed by atoms with Gasteiger partial charge in [-0.2, -0.15) is 0 Å². The fourth-order valence-corrected chi connectivity index (χ4v) is 2.11. The number of aryl methyl sites for hydroxylation is 1. The summed E-state index contributed by atoms with van der Waals surface area (Å²) >= 11 is 3.40. The Hall–Kier alpha value is -1.81. The molecule has 0 fully saturated rings. The molecule has 21 heavy (non-hydrogen) atoms. The van der Waals surface area contributed by atoms with E-state index in [0.29, 0.717) is 12.3 Å². The molecule has 0 unspecified atom stereocenters. The Morgan fingerprint density at radius 1 is 1.10 bits per heavy atom. The van der Waals surface area contributed by atoms with Crippen molar-refractivity contribution in [3.63, 3.8) is 0 Å². The van der Waals surface area contributed by atoms with Crippen LogP contribution in [0.4, 0.5) is 0 Å². The van der Waals surface area contributed by atoms with Crippen molar-refractivity contribution in [3.05, 3.63) is 64.1 Å². The molecule has 4 heteroatoms. The zero-order valence-corrected chi connectivity index (χ0v) is 13.8. The zero-order valence-electron chi connectivity index (χ0n) is 12.2. The van der Waals surface area contributed by atoms with Gasteiger partial charge in [0.05, 0.1) is 0 Å². The maximum atomic E-state index is 12.0. The van der Waals surface area contributed by atoms with Crippen molar-refractivity contribution in [1.29, 1.82) is 0 Å². The second-order valence-electron chi connectivity index (χ2n) is 4.98. The van der Waals surface area contributed by atoms with E-state index in [0.717, 1.165) is 10.0 Å². The van der Waals surface area contributed by atoms with E-state index in [2.05, 4.69) is 15.9 Å². The molecule has 1 amide bonds. The molecule has 3 nitrogen and oxygen atoms in total. The SMILES string of the molecule is Cc1ccc(OCC(=O)N(C)Cc2ccc(Br)cc2)cc1. The highest BCUT2D eigenvalue weighted by atomic mass is 79.9. The first-order chi connectivity index (χ1) is 10.0. The Bertz CT molecular complexity index is 593. The molecular weight excluding hydrogens is 330 g/mol. The molecule has 0 bridgehead atoms. The number of carbonyl (C=O) groups is 1. The van der Waals surface area contributed by atoms with Gasteiger partial charge < -0.3 is 9.64 Å².